The van der Waals surface area contributed by atoms with Crippen molar-refractivity contribution in [3.63, 3.8) is 0 Å². The zero-order valence-corrected chi connectivity index (χ0v) is 28.8. The van der Waals surface area contributed by atoms with Crippen molar-refractivity contribution in [2.75, 3.05) is 31.3 Å². The number of halogens is 1. The quantitative estimate of drug-likeness (QED) is 0.148. The zero-order valence-electron chi connectivity index (χ0n) is 28.8. The molecule has 0 unspecified atom stereocenters. The number of carbonyl (C=O) groups is 4. The molecule has 51 heavy (non-hydrogen) atoms. The summed E-state index contributed by atoms with van der Waals surface area (Å²) in [5.41, 5.74) is 4.21. The number of anilines is 1. The van der Waals surface area contributed by atoms with Gasteiger partial charge >= 0.3 is 0 Å². The Morgan fingerprint density at radius 3 is 2.75 bits per heavy atom. The number of rotatable bonds is 16. The van der Waals surface area contributed by atoms with Gasteiger partial charge in [-0.25, -0.2) is 4.98 Å². The van der Waals surface area contributed by atoms with E-state index in [1.54, 1.807) is 12.1 Å². The second-order valence-electron chi connectivity index (χ2n) is 13.0. The molecule has 3 N–H and O–H groups in total. The van der Waals surface area contributed by atoms with Crippen LogP contribution in [0, 0.1) is 5.92 Å². The molecule has 2 aliphatic heterocycles. The minimum atomic E-state index is -0.967. The van der Waals surface area contributed by atoms with E-state index in [1.807, 2.05) is 44.2 Å². The number of alkyl halides is 1. The van der Waals surface area contributed by atoms with Crippen LogP contribution in [0.5, 0.6) is 0 Å². The molecule has 270 valence electrons. The highest BCUT2D eigenvalue weighted by molar-refractivity contribution is 6.08. The molecule has 4 atom stereocenters. The highest BCUT2D eigenvalue weighted by atomic mass is 19.1. The lowest BCUT2D eigenvalue weighted by molar-refractivity contribution is -0.144. The average Bonchev–Trinajstić information content (AvgIpc) is 3.88. The van der Waals surface area contributed by atoms with E-state index < -0.39 is 42.5 Å². The van der Waals surface area contributed by atoms with Gasteiger partial charge in [0.15, 0.2) is 5.58 Å². The summed E-state index contributed by atoms with van der Waals surface area (Å²) < 4.78 is 24.2. The normalized spacial score (nSPS) is 17.9. The van der Waals surface area contributed by atoms with Crippen molar-refractivity contribution in [1.82, 2.24) is 35.9 Å². The molecule has 0 fully saturated rings. The zero-order chi connectivity index (χ0) is 35.9. The van der Waals surface area contributed by atoms with Crippen molar-refractivity contribution in [3.8, 4) is 0 Å². The number of nitrogens with one attached hydrogen (secondary N) is 3. The minimum Gasteiger partial charge on any atom is -0.440 e. The first-order valence-electron chi connectivity index (χ1n) is 17.4. The molecule has 4 amide bonds. The first-order valence-corrected chi connectivity index (χ1v) is 17.4. The van der Waals surface area contributed by atoms with Gasteiger partial charge in [0.2, 0.25) is 29.5 Å². The van der Waals surface area contributed by atoms with Gasteiger partial charge in [-0.3, -0.25) is 28.5 Å². The Kier molecular flexibility index (Phi) is 11.3. The number of aryl methyl sites for hydroxylation is 1. The summed E-state index contributed by atoms with van der Waals surface area (Å²) in [5.74, 6) is -1.73. The van der Waals surface area contributed by atoms with Crippen LogP contribution in [0.25, 0.3) is 11.1 Å². The summed E-state index contributed by atoms with van der Waals surface area (Å²) in [7, 11) is 0. The van der Waals surface area contributed by atoms with Crippen LogP contribution in [-0.2, 0) is 49.7 Å². The molecular formula is C36H43FN8O6. The van der Waals surface area contributed by atoms with Crippen LogP contribution in [0.1, 0.15) is 55.8 Å². The van der Waals surface area contributed by atoms with Crippen LogP contribution < -0.4 is 15.5 Å². The molecule has 0 radical (unpaired) electrons. The fourth-order valence-corrected chi connectivity index (χ4v) is 6.84. The molecule has 4 aromatic rings. The third-order valence-electron chi connectivity index (χ3n) is 9.58. The maximum Gasteiger partial charge on any atom is 0.250 e. The Morgan fingerprint density at radius 2 is 1.98 bits per heavy atom. The number of carbonyl (C=O) groups excluding carboxylic acids is 4. The molecule has 4 heterocycles. The van der Waals surface area contributed by atoms with E-state index in [2.05, 4.69) is 31.0 Å². The van der Waals surface area contributed by atoms with E-state index in [9.17, 15) is 23.6 Å². The third-order valence-corrected chi connectivity index (χ3v) is 9.58. The smallest absolute Gasteiger partial charge is 0.250 e. The van der Waals surface area contributed by atoms with Crippen molar-refractivity contribution in [3.05, 3.63) is 71.4 Å². The van der Waals surface area contributed by atoms with Crippen LogP contribution in [0.15, 0.2) is 53.1 Å². The predicted molar refractivity (Wildman–Crippen MR) is 184 cm³/mol. The first-order chi connectivity index (χ1) is 24.8. The molecule has 0 bridgehead atoms. The van der Waals surface area contributed by atoms with Crippen molar-refractivity contribution < 1.29 is 32.7 Å². The Morgan fingerprint density at radius 1 is 1.16 bits per heavy atom. The molecule has 0 spiro atoms. The van der Waals surface area contributed by atoms with E-state index >= 15 is 0 Å². The van der Waals surface area contributed by atoms with Gasteiger partial charge in [-0.1, -0.05) is 50.6 Å². The van der Waals surface area contributed by atoms with Gasteiger partial charge in [-0.05, 0) is 48.4 Å². The number of aromatic amines is 1. The average molecular weight is 703 g/mol. The number of nitrogens with zero attached hydrogens (tertiary/aromatic N) is 5. The van der Waals surface area contributed by atoms with Crippen LogP contribution in [-0.4, -0.2) is 93.5 Å². The largest absolute Gasteiger partial charge is 0.440 e. The number of oxazole rings is 1. The number of para-hydroxylation sites is 3. The number of aromatic nitrogens is 4. The monoisotopic (exact) mass is 702 g/mol. The molecule has 2 aromatic heterocycles. The van der Waals surface area contributed by atoms with E-state index in [0.717, 1.165) is 11.1 Å². The van der Waals surface area contributed by atoms with Crippen molar-refractivity contribution in [1.29, 1.82) is 0 Å². The van der Waals surface area contributed by atoms with Gasteiger partial charge in [-0.2, -0.15) is 15.4 Å². The summed E-state index contributed by atoms with van der Waals surface area (Å²) in [6.07, 6.45) is 3.22. The Hall–Kier alpha value is -5.18. The molecule has 0 saturated carbocycles. The first kappa shape index (κ1) is 35.6. The van der Waals surface area contributed by atoms with E-state index in [1.165, 1.54) is 16.0 Å². The number of ether oxygens (including phenoxy) is 1. The van der Waals surface area contributed by atoms with Crippen LogP contribution in [0.2, 0.25) is 0 Å². The second kappa shape index (κ2) is 16.2. The van der Waals surface area contributed by atoms with E-state index in [-0.39, 0.29) is 56.9 Å². The van der Waals surface area contributed by atoms with Crippen LogP contribution in [0.3, 0.4) is 0 Å². The van der Waals surface area contributed by atoms with Crippen LogP contribution in [0.4, 0.5) is 10.1 Å². The van der Waals surface area contributed by atoms with E-state index in [4.69, 9.17) is 9.15 Å². The van der Waals surface area contributed by atoms with Crippen molar-refractivity contribution >= 4 is 40.4 Å². The summed E-state index contributed by atoms with van der Waals surface area (Å²) >= 11 is 0. The summed E-state index contributed by atoms with van der Waals surface area (Å²) in [6, 6.07) is 10.2. The predicted octanol–water partition coefficient (Wildman–Crippen LogP) is 2.81. The number of hydrogen-bond acceptors (Lipinski definition) is 9. The fourth-order valence-electron chi connectivity index (χ4n) is 6.84. The highest BCUT2D eigenvalue weighted by Crippen LogP contribution is 2.39. The third kappa shape index (κ3) is 7.93. The SMILES string of the molecule is CC[C@H](C)[C@@H](C(=O)N[C@H]1CCc2cccc3c2N(C1=O)[C@H](C(=O)NCc1cn[nH]n1)C3)N(CCOCCCF)C(=O)Cc1nc2ccccc2o1. The number of amides is 4. The summed E-state index contributed by atoms with van der Waals surface area (Å²) in [4.78, 5) is 63.7. The van der Waals surface area contributed by atoms with Crippen molar-refractivity contribution in [2.24, 2.45) is 5.92 Å². The van der Waals surface area contributed by atoms with Gasteiger partial charge in [0.25, 0.3) is 0 Å². The highest BCUT2D eigenvalue weighted by Gasteiger charge is 2.45. The Labute approximate surface area is 294 Å². The molecule has 2 aliphatic rings. The van der Waals surface area contributed by atoms with Gasteiger partial charge in [0.05, 0.1) is 31.7 Å². The molecule has 15 heteroatoms. The Balaban J connectivity index is 1.23. The molecule has 6 rings (SSSR count). The molecule has 0 saturated heterocycles. The van der Waals surface area contributed by atoms with Gasteiger partial charge in [0.1, 0.15) is 35.8 Å². The second-order valence-corrected chi connectivity index (χ2v) is 13.0. The van der Waals surface area contributed by atoms with E-state index in [0.29, 0.717) is 48.2 Å². The Bertz CT molecular complexity index is 1810. The number of H-pyrrole nitrogens is 1. The molecular weight excluding hydrogens is 659 g/mol. The summed E-state index contributed by atoms with van der Waals surface area (Å²) in [6.45, 7) is 3.72. The van der Waals surface area contributed by atoms with Crippen LogP contribution >= 0.6 is 0 Å². The minimum absolute atomic E-state index is 0.0566. The molecule has 2 aromatic carbocycles. The summed E-state index contributed by atoms with van der Waals surface area (Å²) in [5, 5.41) is 16.1. The van der Waals surface area contributed by atoms with Gasteiger partial charge in [0, 0.05) is 19.6 Å². The topological polar surface area (TPSA) is 176 Å². The number of benzene rings is 2. The fraction of sp³-hybridized carbons (Fsp3) is 0.472. The van der Waals surface area contributed by atoms with Crippen molar-refractivity contribution in [2.45, 2.75) is 77.0 Å². The lowest BCUT2D eigenvalue weighted by atomic mass is 9.95. The van der Waals surface area contributed by atoms with Gasteiger partial charge in [-0.15, -0.1) is 0 Å². The van der Waals surface area contributed by atoms with Gasteiger partial charge < -0.3 is 24.7 Å². The maximum absolute atomic E-state index is 14.4. The lowest BCUT2D eigenvalue weighted by Crippen LogP contribution is -2.59. The molecule has 14 nitrogen and oxygen atoms in total. The number of fused-ring (bicyclic) bond motifs is 1. The molecule has 0 aliphatic carbocycles. The lowest BCUT2D eigenvalue weighted by Gasteiger charge is -2.35. The standard InChI is InChI=1S/C36H43FN8O6/c1-3-22(2)32(44(15-17-50-16-7-14-37)31(46)19-30-40-26-10-4-5-11-29(26)51-30)35(48)41-27-13-12-23-8-6-9-24-18-28(45(33(23)24)36(27)49)34(47)38-20-25-21-39-43-42-25/h4-6,8-11,21-22,27-28,32H,3,7,12-20H2,1-2H3,(H,38,47)(H,41,48)(H,39,42,43)/t22-,27-,28-,32-/m0/s1. The number of hydrogen-bond donors (Lipinski definition) is 3. The maximum atomic E-state index is 14.4.